The molecule has 70 valence electrons. The average Bonchev–Trinajstić information content (AvgIpc) is 2.90. The Morgan fingerprint density at radius 3 is 2.07 bits per heavy atom. The van der Waals surface area contributed by atoms with Crippen LogP contribution in [0.5, 0.6) is 11.5 Å². The van der Waals surface area contributed by atoms with Gasteiger partial charge in [-0.05, 0) is 29.7 Å². The number of ether oxygens (including phenoxy) is 2. The quantitative estimate of drug-likeness (QED) is 0.580. The van der Waals surface area contributed by atoms with Crippen molar-refractivity contribution in [2.75, 3.05) is 6.79 Å². The topological polar surface area (TPSA) is 18.5 Å². The second-order valence-corrected chi connectivity index (χ2v) is 4.17. The SMILES string of the molecule is C1=C[C@H]2C[C@H]1c1cc3c(cc12)OCO3. The van der Waals surface area contributed by atoms with Gasteiger partial charge in [-0.25, -0.2) is 0 Å². The molecule has 0 amide bonds. The van der Waals surface area contributed by atoms with Crippen LogP contribution in [-0.2, 0) is 0 Å². The van der Waals surface area contributed by atoms with Gasteiger partial charge < -0.3 is 9.47 Å². The summed E-state index contributed by atoms with van der Waals surface area (Å²) < 4.78 is 10.8. The standard InChI is InChI=1S/C12H10O2/c1-2-8-3-7(1)9-4-11-12(5-10(8)9)14-6-13-11/h1-2,4-5,7-8H,3,6H2/t7-,8-/m0/s1. The van der Waals surface area contributed by atoms with Crippen molar-refractivity contribution in [3.05, 3.63) is 35.4 Å². The Bertz CT molecular complexity index is 409. The molecule has 0 unspecified atom stereocenters. The molecular formula is C12H10O2. The van der Waals surface area contributed by atoms with Gasteiger partial charge in [-0.2, -0.15) is 0 Å². The maximum Gasteiger partial charge on any atom is 0.231 e. The van der Waals surface area contributed by atoms with Crippen molar-refractivity contribution < 1.29 is 9.47 Å². The summed E-state index contributed by atoms with van der Waals surface area (Å²) in [7, 11) is 0. The molecule has 2 heteroatoms. The van der Waals surface area contributed by atoms with E-state index in [1.807, 2.05) is 0 Å². The molecule has 0 radical (unpaired) electrons. The number of benzene rings is 1. The summed E-state index contributed by atoms with van der Waals surface area (Å²) >= 11 is 0. The van der Waals surface area contributed by atoms with Crippen LogP contribution in [0.2, 0.25) is 0 Å². The maximum absolute atomic E-state index is 5.39. The molecule has 2 nitrogen and oxygen atoms in total. The molecule has 2 bridgehead atoms. The van der Waals surface area contributed by atoms with E-state index in [2.05, 4.69) is 24.3 Å². The molecule has 0 saturated carbocycles. The van der Waals surface area contributed by atoms with E-state index < -0.39 is 0 Å². The van der Waals surface area contributed by atoms with Crippen LogP contribution in [0.1, 0.15) is 29.4 Å². The molecular weight excluding hydrogens is 176 g/mol. The van der Waals surface area contributed by atoms with Gasteiger partial charge in [0.1, 0.15) is 0 Å². The van der Waals surface area contributed by atoms with Crippen molar-refractivity contribution in [2.24, 2.45) is 0 Å². The number of rotatable bonds is 0. The predicted molar refractivity (Wildman–Crippen MR) is 51.8 cm³/mol. The van der Waals surface area contributed by atoms with E-state index in [4.69, 9.17) is 9.47 Å². The lowest BCUT2D eigenvalue weighted by Gasteiger charge is -2.10. The third kappa shape index (κ3) is 0.684. The smallest absolute Gasteiger partial charge is 0.231 e. The zero-order chi connectivity index (χ0) is 9.12. The van der Waals surface area contributed by atoms with Gasteiger partial charge in [-0.15, -0.1) is 0 Å². The number of hydrogen-bond donors (Lipinski definition) is 0. The highest BCUT2D eigenvalue weighted by Gasteiger charge is 2.34. The van der Waals surface area contributed by atoms with Crippen LogP contribution >= 0.6 is 0 Å². The molecule has 2 aliphatic carbocycles. The van der Waals surface area contributed by atoms with Gasteiger partial charge in [-0.1, -0.05) is 12.2 Å². The fourth-order valence-electron chi connectivity index (χ4n) is 2.78. The van der Waals surface area contributed by atoms with Crippen molar-refractivity contribution in [2.45, 2.75) is 18.3 Å². The third-order valence-corrected chi connectivity index (χ3v) is 3.46. The highest BCUT2D eigenvalue weighted by molar-refractivity contribution is 5.56. The minimum absolute atomic E-state index is 0.376. The first-order chi connectivity index (χ1) is 6.92. The second-order valence-electron chi connectivity index (χ2n) is 4.17. The molecule has 4 rings (SSSR count). The van der Waals surface area contributed by atoms with E-state index >= 15 is 0 Å². The van der Waals surface area contributed by atoms with Gasteiger partial charge in [0.15, 0.2) is 11.5 Å². The van der Waals surface area contributed by atoms with Crippen molar-refractivity contribution in [1.82, 2.24) is 0 Å². The Morgan fingerprint density at radius 1 is 0.929 bits per heavy atom. The molecule has 14 heavy (non-hydrogen) atoms. The lowest BCUT2D eigenvalue weighted by atomic mass is 9.96. The van der Waals surface area contributed by atoms with E-state index in [-0.39, 0.29) is 0 Å². The first-order valence-electron chi connectivity index (χ1n) is 5.03. The van der Waals surface area contributed by atoms with Crippen LogP contribution in [0.3, 0.4) is 0 Å². The fraction of sp³-hybridized carbons (Fsp3) is 0.333. The zero-order valence-electron chi connectivity index (χ0n) is 7.69. The van der Waals surface area contributed by atoms with Gasteiger partial charge in [0.2, 0.25) is 6.79 Å². The Hall–Kier alpha value is -1.44. The summed E-state index contributed by atoms with van der Waals surface area (Å²) in [5.41, 5.74) is 2.89. The lowest BCUT2D eigenvalue weighted by Crippen LogP contribution is -1.93. The molecule has 0 N–H and O–H groups in total. The van der Waals surface area contributed by atoms with Gasteiger partial charge in [0, 0.05) is 11.8 Å². The first kappa shape index (κ1) is 6.93. The van der Waals surface area contributed by atoms with E-state index in [1.165, 1.54) is 17.5 Å². The average molecular weight is 186 g/mol. The molecule has 2 atom stereocenters. The van der Waals surface area contributed by atoms with Crippen LogP contribution in [0.4, 0.5) is 0 Å². The van der Waals surface area contributed by atoms with Crippen LogP contribution < -0.4 is 9.47 Å². The Balaban J connectivity index is 1.97. The van der Waals surface area contributed by atoms with Crippen LogP contribution in [0.25, 0.3) is 0 Å². The van der Waals surface area contributed by atoms with Gasteiger partial charge in [0.05, 0.1) is 0 Å². The van der Waals surface area contributed by atoms with Crippen molar-refractivity contribution in [3.8, 4) is 11.5 Å². The molecule has 0 spiro atoms. The maximum atomic E-state index is 5.39. The molecule has 1 heterocycles. The molecule has 1 aromatic carbocycles. The summed E-state index contributed by atoms with van der Waals surface area (Å²) in [6, 6.07) is 4.32. The highest BCUT2D eigenvalue weighted by Crippen LogP contribution is 2.52. The van der Waals surface area contributed by atoms with Gasteiger partial charge in [0.25, 0.3) is 0 Å². The van der Waals surface area contributed by atoms with Crippen LogP contribution in [0.15, 0.2) is 24.3 Å². The Kier molecular flexibility index (Phi) is 1.06. The number of fused-ring (bicyclic) bond motifs is 6. The largest absolute Gasteiger partial charge is 0.454 e. The summed E-state index contributed by atoms with van der Waals surface area (Å²) in [6.07, 6.45) is 5.88. The molecule has 0 fully saturated rings. The summed E-state index contributed by atoms with van der Waals surface area (Å²) in [6.45, 7) is 0.376. The fourth-order valence-corrected chi connectivity index (χ4v) is 2.78. The second kappa shape index (κ2) is 2.14. The van der Waals surface area contributed by atoms with Crippen molar-refractivity contribution >= 4 is 0 Å². The van der Waals surface area contributed by atoms with Crippen LogP contribution in [-0.4, -0.2) is 6.79 Å². The molecule has 1 aliphatic heterocycles. The molecule has 0 saturated heterocycles. The zero-order valence-corrected chi connectivity index (χ0v) is 7.69. The summed E-state index contributed by atoms with van der Waals surface area (Å²) in [5.74, 6) is 3.10. The predicted octanol–water partition coefficient (Wildman–Crippen LogP) is 2.56. The lowest BCUT2D eigenvalue weighted by molar-refractivity contribution is 0.174. The van der Waals surface area contributed by atoms with Gasteiger partial charge >= 0.3 is 0 Å². The minimum Gasteiger partial charge on any atom is -0.454 e. The van der Waals surface area contributed by atoms with Crippen molar-refractivity contribution in [1.29, 1.82) is 0 Å². The first-order valence-corrected chi connectivity index (χ1v) is 5.03. The molecule has 3 aliphatic rings. The summed E-state index contributed by atoms with van der Waals surface area (Å²) in [5, 5.41) is 0. The summed E-state index contributed by atoms with van der Waals surface area (Å²) in [4.78, 5) is 0. The number of allylic oxidation sites excluding steroid dienone is 2. The third-order valence-electron chi connectivity index (χ3n) is 3.46. The Labute approximate surface area is 82.1 Å². The van der Waals surface area contributed by atoms with Crippen molar-refractivity contribution in [3.63, 3.8) is 0 Å². The van der Waals surface area contributed by atoms with E-state index in [9.17, 15) is 0 Å². The van der Waals surface area contributed by atoms with E-state index in [0.29, 0.717) is 18.6 Å². The molecule has 0 aromatic heterocycles. The number of hydrogen-bond acceptors (Lipinski definition) is 2. The van der Waals surface area contributed by atoms with Crippen LogP contribution in [0, 0.1) is 0 Å². The highest BCUT2D eigenvalue weighted by atomic mass is 16.7. The minimum atomic E-state index is 0.376. The van der Waals surface area contributed by atoms with E-state index in [1.54, 1.807) is 0 Å². The van der Waals surface area contributed by atoms with Gasteiger partial charge in [-0.3, -0.25) is 0 Å². The normalized spacial score (nSPS) is 29.7. The molecule has 1 aromatic rings. The van der Waals surface area contributed by atoms with E-state index in [0.717, 1.165) is 11.5 Å². The Morgan fingerprint density at radius 2 is 1.50 bits per heavy atom. The monoisotopic (exact) mass is 186 g/mol.